The van der Waals surface area contributed by atoms with E-state index in [0.29, 0.717) is 22.8 Å². The minimum atomic E-state index is 0.619. The summed E-state index contributed by atoms with van der Waals surface area (Å²) in [4.78, 5) is 3.97. The molecule has 1 aromatic carbocycles. The smallest absolute Gasteiger partial charge is 0.145 e. The van der Waals surface area contributed by atoms with Crippen LogP contribution in [0.5, 0.6) is 17.2 Å². The highest BCUT2D eigenvalue weighted by atomic mass is 16.5. The summed E-state index contributed by atoms with van der Waals surface area (Å²) in [6.45, 7) is 0. The van der Waals surface area contributed by atoms with Crippen molar-refractivity contribution in [2.45, 2.75) is 0 Å². The van der Waals surface area contributed by atoms with Crippen molar-refractivity contribution in [2.75, 3.05) is 7.11 Å². The van der Waals surface area contributed by atoms with Gasteiger partial charge in [-0.3, -0.25) is 4.98 Å². The number of ether oxygens (including phenoxy) is 2. The van der Waals surface area contributed by atoms with E-state index in [1.807, 2.05) is 12.1 Å². The Labute approximate surface area is 100 Å². The zero-order valence-electron chi connectivity index (χ0n) is 9.38. The van der Waals surface area contributed by atoms with Crippen molar-refractivity contribution in [2.24, 2.45) is 0 Å². The molecule has 0 amide bonds. The van der Waals surface area contributed by atoms with Crippen molar-refractivity contribution >= 4 is 0 Å². The first kappa shape index (κ1) is 11.0. The average Bonchev–Trinajstić information content (AvgIpc) is 2.40. The number of aromatic nitrogens is 1. The van der Waals surface area contributed by atoms with E-state index in [1.54, 1.807) is 37.7 Å². The summed E-state index contributed by atoms with van der Waals surface area (Å²) in [5.74, 6) is 4.49. The molecule has 0 bridgehead atoms. The zero-order chi connectivity index (χ0) is 12.1. The van der Waals surface area contributed by atoms with Gasteiger partial charge in [-0.2, -0.15) is 0 Å². The van der Waals surface area contributed by atoms with Gasteiger partial charge in [0, 0.05) is 12.3 Å². The fraction of sp³-hybridized carbons (Fsp3) is 0.0714. The Balaban J connectivity index is 2.26. The lowest BCUT2D eigenvalue weighted by atomic mass is 10.2. The number of hydrogen-bond acceptors (Lipinski definition) is 3. The first-order chi connectivity index (χ1) is 8.33. The molecule has 0 unspecified atom stereocenters. The molecular formula is C14H11NO2. The predicted molar refractivity (Wildman–Crippen MR) is 65.2 cm³/mol. The van der Waals surface area contributed by atoms with Crippen LogP contribution in [0.15, 0.2) is 42.7 Å². The quantitative estimate of drug-likeness (QED) is 0.753. The summed E-state index contributed by atoms with van der Waals surface area (Å²) in [5.41, 5.74) is 0.700. The van der Waals surface area contributed by atoms with Crippen LogP contribution in [0.4, 0.5) is 0 Å². The van der Waals surface area contributed by atoms with E-state index in [2.05, 4.69) is 10.9 Å². The van der Waals surface area contributed by atoms with Crippen LogP contribution in [0.25, 0.3) is 0 Å². The molecule has 0 N–H and O–H groups in total. The molecule has 1 heterocycles. The molecule has 0 fully saturated rings. The highest BCUT2D eigenvalue weighted by molar-refractivity contribution is 5.49. The largest absolute Gasteiger partial charge is 0.495 e. The lowest BCUT2D eigenvalue weighted by Crippen LogP contribution is -1.90. The van der Waals surface area contributed by atoms with Gasteiger partial charge in [0.15, 0.2) is 0 Å². The van der Waals surface area contributed by atoms with Gasteiger partial charge in [0.2, 0.25) is 0 Å². The predicted octanol–water partition coefficient (Wildman–Crippen LogP) is 2.86. The number of hydrogen-bond donors (Lipinski definition) is 0. The molecule has 0 aliphatic carbocycles. The third-order valence-corrected chi connectivity index (χ3v) is 2.20. The van der Waals surface area contributed by atoms with Gasteiger partial charge >= 0.3 is 0 Å². The molecule has 0 atom stereocenters. The van der Waals surface area contributed by atoms with Crippen molar-refractivity contribution in [3.05, 3.63) is 48.3 Å². The highest BCUT2D eigenvalue weighted by Gasteiger charge is 2.03. The molecule has 0 aliphatic rings. The maximum absolute atomic E-state index is 5.61. The maximum atomic E-state index is 5.61. The second-order valence-electron chi connectivity index (χ2n) is 3.30. The number of terminal acetylenes is 1. The Morgan fingerprint density at radius 3 is 2.76 bits per heavy atom. The van der Waals surface area contributed by atoms with Crippen LogP contribution in [0, 0.1) is 12.3 Å². The SMILES string of the molecule is C#Cc1ccc(Oc2cccnc2)cc1OC. The molecule has 0 aliphatic heterocycles. The molecule has 0 radical (unpaired) electrons. The van der Waals surface area contributed by atoms with E-state index in [0.717, 1.165) is 0 Å². The minimum absolute atomic E-state index is 0.619. The van der Waals surface area contributed by atoms with Crippen molar-refractivity contribution in [3.63, 3.8) is 0 Å². The maximum Gasteiger partial charge on any atom is 0.145 e. The highest BCUT2D eigenvalue weighted by Crippen LogP contribution is 2.27. The van der Waals surface area contributed by atoms with Crippen LogP contribution < -0.4 is 9.47 Å². The lowest BCUT2D eigenvalue weighted by molar-refractivity contribution is 0.407. The molecule has 1 aromatic heterocycles. The second kappa shape index (κ2) is 5.04. The average molecular weight is 225 g/mol. The van der Waals surface area contributed by atoms with E-state index < -0.39 is 0 Å². The Hall–Kier alpha value is -2.47. The lowest BCUT2D eigenvalue weighted by Gasteiger charge is -2.08. The van der Waals surface area contributed by atoms with Crippen LogP contribution in [-0.2, 0) is 0 Å². The van der Waals surface area contributed by atoms with E-state index in [4.69, 9.17) is 15.9 Å². The summed E-state index contributed by atoms with van der Waals surface area (Å²) in [7, 11) is 1.57. The van der Waals surface area contributed by atoms with Gasteiger partial charge in [-0.25, -0.2) is 0 Å². The molecule has 3 heteroatoms. The monoisotopic (exact) mass is 225 g/mol. The van der Waals surface area contributed by atoms with Gasteiger partial charge < -0.3 is 9.47 Å². The molecule has 0 saturated carbocycles. The van der Waals surface area contributed by atoms with E-state index in [9.17, 15) is 0 Å². The molecule has 2 aromatic rings. The summed E-state index contributed by atoms with van der Waals surface area (Å²) in [5, 5.41) is 0. The van der Waals surface area contributed by atoms with Gasteiger partial charge in [-0.05, 0) is 24.3 Å². The van der Waals surface area contributed by atoms with Gasteiger partial charge in [0.25, 0.3) is 0 Å². The van der Waals surface area contributed by atoms with Crippen molar-refractivity contribution < 1.29 is 9.47 Å². The Bertz CT molecular complexity index is 544. The second-order valence-corrected chi connectivity index (χ2v) is 3.30. The number of pyridine rings is 1. The third kappa shape index (κ3) is 2.56. The fourth-order valence-corrected chi connectivity index (χ4v) is 1.40. The van der Waals surface area contributed by atoms with Crippen molar-refractivity contribution in [1.82, 2.24) is 4.98 Å². The van der Waals surface area contributed by atoms with Crippen molar-refractivity contribution in [1.29, 1.82) is 0 Å². The number of nitrogens with zero attached hydrogens (tertiary/aromatic N) is 1. The summed E-state index contributed by atoms with van der Waals surface area (Å²) < 4.78 is 10.8. The third-order valence-electron chi connectivity index (χ3n) is 2.20. The topological polar surface area (TPSA) is 31.4 Å². The minimum Gasteiger partial charge on any atom is -0.495 e. The molecule has 0 spiro atoms. The standard InChI is InChI=1S/C14H11NO2/c1-3-11-6-7-12(9-14(11)16-2)17-13-5-4-8-15-10-13/h1,4-10H,2H3. The van der Waals surface area contributed by atoms with Gasteiger partial charge in [0.1, 0.15) is 17.2 Å². The van der Waals surface area contributed by atoms with Crippen LogP contribution in [0.2, 0.25) is 0 Å². The molecule has 17 heavy (non-hydrogen) atoms. The molecular weight excluding hydrogens is 214 g/mol. The summed E-state index contributed by atoms with van der Waals surface area (Å²) >= 11 is 0. The molecule has 3 nitrogen and oxygen atoms in total. The summed E-state index contributed by atoms with van der Waals surface area (Å²) in [6.07, 6.45) is 8.68. The van der Waals surface area contributed by atoms with Crippen LogP contribution >= 0.6 is 0 Å². The molecule has 84 valence electrons. The Morgan fingerprint density at radius 2 is 2.12 bits per heavy atom. The number of benzene rings is 1. The van der Waals surface area contributed by atoms with Crippen LogP contribution in [-0.4, -0.2) is 12.1 Å². The van der Waals surface area contributed by atoms with Crippen LogP contribution in [0.1, 0.15) is 5.56 Å². The van der Waals surface area contributed by atoms with Crippen LogP contribution in [0.3, 0.4) is 0 Å². The summed E-state index contributed by atoms with van der Waals surface area (Å²) in [6, 6.07) is 8.97. The number of methoxy groups -OCH3 is 1. The first-order valence-electron chi connectivity index (χ1n) is 5.06. The zero-order valence-corrected chi connectivity index (χ0v) is 9.38. The van der Waals surface area contributed by atoms with E-state index >= 15 is 0 Å². The van der Waals surface area contributed by atoms with Gasteiger partial charge in [-0.1, -0.05) is 5.92 Å². The molecule has 0 saturated heterocycles. The van der Waals surface area contributed by atoms with Gasteiger partial charge in [-0.15, -0.1) is 6.42 Å². The Morgan fingerprint density at radius 1 is 1.24 bits per heavy atom. The fourth-order valence-electron chi connectivity index (χ4n) is 1.40. The van der Waals surface area contributed by atoms with E-state index in [1.165, 1.54) is 0 Å². The molecule has 2 rings (SSSR count). The number of rotatable bonds is 3. The Kier molecular flexibility index (Phi) is 3.27. The normalized spacial score (nSPS) is 9.41. The van der Waals surface area contributed by atoms with Crippen molar-refractivity contribution in [3.8, 4) is 29.6 Å². The first-order valence-corrected chi connectivity index (χ1v) is 5.06. The van der Waals surface area contributed by atoms with E-state index in [-0.39, 0.29) is 0 Å². The van der Waals surface area contributed by atoms with Gasteiger partial charge in [0.05, 0.1) is 18.9 Å².